The number of nitrogens with two attached hydrogens (primary N) is 1. The highest BCUT2D eigenvalue weighted by Gasteiger charge is 2.32. The van der Waals surface area contributed by atoms with Crippen LogP contribution in [0.2, 0.25) is 0 Å². The number of hydrogen-bond acceptors (Lipinski definition) is 5. The second-order valence-corrected chi connectivity index (χ2v) is 5.09. The molecule has 3 N–H and O–H groups in total. The first-order valence-electron chi connectivity index (χ1n) is 5.87. The number of likely N-dealkylation sites (tertiary alicyclic amines) is 1. The van der Waals surface area contributed by atoms with Crippen LogP contribution in [0, 0.1) is 0 Å². The van der Waals surface area contributed by atoms with E-state index in [9.17, 15) is 9.59 Å². The zero-order valence-electron chi connectivity index (χ0n) is 10.2. The van der Waals surface area contributed by atoms with Crippen molar-refractivity contribution in [3.05, 3.63) is 11.1 Å². The van der Waals surface area contributed by atoms with Gasteiger partial charge < -0.3 is 16.0 Å². The average Bonchev–Trinajstić information content (AvgIpc) is 2.83. The fourth-order valence-electron chi connectivity index (χ4n) is 2.15. The third-order valence-corrected chi connectivity index (χ3v) is 3.73. The summed E-state index contributed by atoms with van der Waals surface area (Å²) in [5, 5.41) is 4.60. The Hall–Kier alpha value is -1.63. The summed E-state index contributed by atoms with van der Waals surface area (Å²) in [5.74, 6) is -0.331. The van der Waals surface area contributed by atoms with Gasteiger partial charge in [0.15, 0.2) is 5.13 Å². The van der Waals surface area contributed by atoms with Crippen molar-refractivity contribution in [3.63, 3.8) is 0 Å². The molecule has 1 unspecified atom stereocenters. The number of anilines is 1. The van der Waals surface area contributed by atoms with E-state index in [1.54, 1.807) is 17.3 Å². The van der Waals surface area contributed by atoms with Gasteiger partial charge in [-0.15, -0.1) is 11.3 Å². The Morgan fingerprint density at radius 3 is 2.94 bits per heavy atom. The SMILES string of the molecule is CNC(=O)C1CCCCN1C(=O)c1csc(N)n1. The van der Waals surface area contributed by atoms with Gasteiger partial charge in [0, 0.05) is 19.0 Å². The average molecular weight is 268 g/mol. The molecule has 7 heteroatoms. The van der Waals surface area contributed by atoms with Crippen molar-refractivity contribution in [2.24, 2.45) is 0 Å². The van der Waals surface area contributed by atoms with Crippen molar-refractivity contribution in [1.82, 2.24) is 15.2 Å². The molecule has 0 radical (unpaired) electrons. The molecule has 2 amide bonds. The number of likely N-dealkylation sites (N-methyl/N-ethyl adjacent to an activating group) is 1. The molecule has 0 aromatic carbocycles. The molecule has 2 rings (SSSR count). The summed E-state index contributed by atoms with van der Waals surface area (Å²) < 4.78 is 0. The lowest BCUT2D eigenvalue weighted by Gasteiger charge is -2.33. The van der Waals surface area contributed by atoms with Crippen LogP contribution in [0.25, 0.3) is 0 Å². The van der Waals surface area contributed by atoms with Gasteiger partial charge in [-0.25, -0.2) is 4.98 Å². The molecular formula is C11H16N4O2S. The highest BCUT2D eigenvalue weighted by molar-refractivity contribution is 7.13. The van der Waals surface area contributed by atoms with Crippen molar-refractivity contribution >= 4 is 28.3 Å². The van der Waals surface area contributed by atoms with Crippen LogP contribution in [0.3, 0.4) is 0 Å². The molecule has 1 aliphatic rings. The molecular weight excluding hydrogens is 252 g/mol. The molecule has 1 aromatic rings. The van der Waals surface area contributed by atoms with E-state index in [0.717, 1.165) is 12.8 Å². The molecule has 1 fully saturated rings. The second-order valence-electron chi connectivity index (χ2n) is 4.20. The van der Waals surface area contributed by atoms with Crippen molar-refractivity contribution in [3.8, 4) is 0 Å². The lowest BCUT2D eigenvalue weighted by Crippen LogP contribution is -2.51. The molecule has 2 heterocycles. The Morgan fingerprint density at radius 1 is 1.56 bits per heavy atom. The normalized spacial score (nSPS) is 19.6. The molecule has 1 aromatic heterocycles. The monoisotopic (exact) mass is 268 g/mol. The van der Waals surface area contributed by atoms with Crippen molar-refractivity contribution in [2.75, 3.05) is 19.3 Å². The predicted molar refractivity (Wildman–Crippen MR) is 69.3 cm³/mol. The predicted octanol–water partition coefficient (Wildman–Crippen LogP) is 0.466. The van der Waals surface area contributed by atoms with Crippen LogP contribution < -0.4 is 11.1 Å². The van der Waals surface area contributed by atoms with Crippen molar-refractivity contribution < 1.29 is 9.59 Å². The zero-order chi connectivity index (χ0) is 13.1. The van der Waals surface area contributed by atoms with Crippen LogP contribution >= 0.6 is 11.3 Å². The lowest BCUT2D eigenvalue weighted by molar-refractivity contribution is -0.126. The quantitative estimate of drug-likeness (QED) is 0.816. The van der Waals surface area contributed by atoms with Crippen LogP contribution in [0.4, 0.5) is 5.13 Å². The molecule has 1 saturated heterocycles. The smallest absolute Gasteiger partial charge is 0.274 e. The minimum absolute atomic E-state index is 0.119. The Labute approximate surface area is 109 Å². The summed E-state index contributed by atoms with van der Waals surface area (Å²) in [4.78, 5) is 29.6. The number of carbonyl (C=O) groups is 2. The molecule has 18 heavy (non-hydrogen) atoms. The van der Waals surface area contributed by atoms with Gasteiger partial charge in [-0.05, 0) is 19.3 Å². The van der Waals surface area contributed by atoms with Crippen LogP contribution in [-0.2, 0) is 4.79 Å². The summed E-state index contributed by atoms with van der Waals surface area (Å²) in [5.41, 5.74) is 5.85. The van der Waals surface area contributed by atoms with E-state index < -0.39 is 0 Å². The molecule has 1 aliphatic heterocycles. The van der Waals surface area contributed by atoms with E-state index in [1.165, 1.54) is 11.3 Å². The lowest BCUT2D eigenvalue weighted by atomic mass is 10.0. The molecule has 0 bridgehead atoms. The molecule has 6 nitrogen and oxygen atoms in total. The van der Waals surface area contributed by atoms with Crippen molar-refractivity contribution in [2.45, 2.75) is 25.3 Å². The first-order valence-corrected chi connectivity index (χ1v) is 6.75. The summed E-state index contributed by atoms with van der Waals surface area (Å²) in [7, 11) is 1.58. The van der Waals surface area contributed by atoms with E-state index in [2.05, 4.69) is 10.3 Å². The minimum Gasteiger partial charge on any atom is -0.375 e. The van der Waals surface area contributed by atoms with E-state index in [-0.39, 0.29) is 17.9 Å². The maximum absolute atomic E-state index is 12.3. The topological polar surface area (TPSA) is 88.3 Å². The Bertz CT molecular complexity index is 460. The van der Waals surface area contributed by atoms with E-state index in [0.29, 0.717) is 23.8 Å². The molecule has 1 atom stereocenters. The number of aromatic nitrogens is 1. The third kappa shape index (κ3) is 2.45. The Morgan fingerprint density at radius 2 is 2.33 bits per heavy atom. The van der Waals surface area contributed by atoms with Crippen LogP contribution in [0.1, 0.15) is 29.8 Å². The Balaban J connectivity index is 2.18. The van der Waals surface area contributed by atoms with E-state index in [4.69, 9.17) is 5.73 Å². The maximum Gasteiger partial charge on any atom is 0.274 e. The van der Waals surface area contributed by atoms with Gasteiger partial charge in [0.2, 0.25) is 5.91 Å². The molecule has 98 valence electrons. The van der Waals surface area contributed by atoms with Gasteiger partial charge in [-0.2, -0.15) is 0 Å². The van der Waals surface area contributed by atoms with E-state index >= 15 is 0 Å². The zero-order valence-corrected chi connectivity index (χ0v) is 11.0. The maximum atomic E-state index is 12.3. The largest absolute Gasteiger partial charge is 0.375 e. The van der Waals surface area contributed by atoms with Crippen LogP contribution in [0.5, 0.6) is 0 Å². The minimum atomic E-state index is -0.390. The first kappa shape index (κ1) is 12.8. The van der Waals surface area contributed by atoms with Gasteiger partial charge in [0.05, 0.1) is 0 Å². The number of nitrogens with one attached hydrogen (secondary N) is 1. The van der Waals surface area contributed by atoms with Gasteiger partial charge in [0.1, 0.15) is 11.7 Å². The number of rotatable bonds is 2. The summed E-state index contributed by atoms with van der Waals surface area (Å²) in [6.07, 6.45) is 2.57. The third-order valence-electron chi connectivity index (χ3n) is 3.05. The standard InChI is InChI=1S/C11H16N4O2S/c1-13-9(16)8-4-2-3-5-15(8)10(17)7-6-18-11(12)14-7/h6,8H,2-5H2,1H3,(H2,12,14)(H,13,16). The highest BCUT2D eigenvalue weighted by Crippen LogP contribution is 2.21. The van der Waals surface area contributed by atoms with Gasteiger partial charge in [-0.1, -0.05) is 0 Å². The first-order chi connectivity index (χ1) is 8.63. The summed E-state index contributed by atoms with van der Waals surface area (Å²) >= 11 is 1.23. The summed E-state index contributed by atoms with van der Waals surface area (Å²) in [6, 6.07) is -0.390. The fraction of sp³-hybridized carbons (Fsp3) is 0.545. The van der Waals surface area contributed by atoms with Crippen molar-refractivity contribution in [1.29, 1.82) is 0 Å². The molecule has 0 saturated carbocycles. The van der Waals surface area contributed by atoms with Gasteiger partial charge >= 0.3 is 0 Å². The van der Waals surface area contributed by atoms with Crippen LogP contribution in [0.15, 0.2) is 5.38 Å². The van der Waals surface area contributed by atoms with Crippen LogP contribution in [-0.4, -0.2) is 41.3 Å². The second kappa shape index (κ2) is 5.34. The van der Waals surface area contributed by atoms with Gasteiger partial charge in [-0.3, -0.25) is 9.59 Å². The number of nitrogens with zero attached hydrogens (tertiary/aromatic N) is 2. The Kier molecular flexibility index (Phi) is 3.81. The van der Waals surface area contributed by atoms with E-state index in [1.807, 2.05) is 0 Å². The number of amides is 2. The number of hydrogen-bond donors (Lipinski definition) is 2. The summed E-state index contributed by atoms with van der Waals surface area (Å²) in [6.45, 7) is 0.592. The number of carbonyl (C=O) groups excluding carboxylic acids is 2. The highest BCUT2D eigenvalue weighted by atomic mass is 32.1. The fourth-order valence-corrected chi connectivity index (χ4v) is 2.68. The molecule has 0 spiro atoms. The number of piperidine rings is 1. The number of thiazole rings is 1. The van der Waals surface area contributed by atoms with Gasteiger partial charge in [0.25, 0.3) is 5.91 Å². The molecule has 0 aliphatic carbocycles. The number of nitrogen functional groups attached to an aromatic ring is 1.